The summed E-state index contributed by atoms with van der Waals surface area (Å²) in [5, 5.41) is 0. The third kappa shape index (κ3) is 4.52. The number of likely N-dealkylation sites (tertiary alicyclic amines) is 1. The summed E-state index contributed by atoms with van der Waals surface area (Å²) in [5.41, 5.74) is 8.65. The standard InChI is InChI=1S/C23H24F3N5O3/c24-23(25,26)34-14-3-4-16(17(27)12-14)22(32)31-9-6-13(7-10-31)15-5-8-28-21-19(15)29-20(30-21)18-2-1-11-33-18/h3-5,8,12-13,18H,1-2,6-7,9-11,27H2,(H,28,29,30)/t18-/m0/s1. The molecule has 2 aliphatic rings. The van der Waals surface area contributed by atoms with E-state index in [2.05, 4.69) is 19.7 Å². The Morgan fingerprint density at radius 1 is 1.21 bits per heavy atom. The average molecular weight is 475 g/mol. The summed E-state index contributed by atoms with van der Waals surface area (Å²) in [6.45, 7) is 1.73. The maximum atomic E-state index is 13.0. The van der Waals surface area contributed by atoms with E-state index >= 15 is 0 Å². The fourth-order valence-corrected chi connectivity index (χ4v) is 4.73. The lowest BCUT2D eigenvalue weighted by atomic mass is 9.89. The van der Waals surface area contributed by atoms with E-state index < -0.39 is 12.1 Å². The van der Waals surface area contributed by atoms with Crippen molar-refractivity contribution in [2.45, 2.75) is 44.1 Å². The lowest BCUT2D eigenvalue weighted by Crippen LogP contribution is -2.38. The highest BCUT2D eigenvalue weighted by molar-refractivity contribution is 5.99. The highest BCUT2D eigenvalue weighted by Crippen LogP contribution is 2.35. The Labute approximate surface area is 193 Å². The van der Waals surface area contributed by atoms with Crippen LogP contribution in [0.2, 0.25) is 0 Å². The number of nitrogen functional groups attached to an aromatic ring is 1. The number of fused-ring (bicyclic) bond motifs is 1. The van der Waals surface area contributed by atoms with Gasteiger partial charge < -0.3 is 25.1 Å². The number of pyridine rings is 1. The minimum absolute atomic E-state index is 0.0279. The van der Waals surface area contributed by atoms with Crippen LogP contribution in [0, 0.1) is 0 Å². The van der Waals surface area contributed by atoms with Gasteiger partial charge in [0.1, 0.15) is 17.7 Å². The first-order chi connectivity index (χ1) is 16.3. The number of nitrogens with two attached hydrogens (primary N) is 1. The number of aromatic nitrogens is 3. The van der Waals surface area contributed by atoms with E-state index in [4.69, 9.17) is 10.5 Å². The van der Waals surface area contributed by atoms with Gasteiger partial charge in [-0.2, -0.15) is 0 Å². The zero-order valence-corrected chi connectivity index (χ0v) is 18.3. The molecule has 11 heteroatoms. The molecule has 3 aromatic rings. The predicted molar refractivity (Wildman–Crippen MR) is 117 cm³/mol. The number of anilines is 1. The Morgan fingerprint density at radius 2 is 2.00 bits per heavy atom. The second kappa shape index (κ2) is 8.79. The van der Waals surface area contributed by atoms with E-state index in [9.17, 15) is 18.0 Å². The van der Waals surface area contributed by atoms with E-state index in [1.807, 2.05) is 6.07 Å². The van der Waals surface area contributed by atoms with Crippen molar-refractivity contribution in [3.8, 4) is 5.75 Å². The van der Waals surface area contributed by atoms with Crippen LogP contribution >= 0.6 is 0 Å². The number of halogens is 3. The smallest absolute Gasteiger partial charge is 0.406 e. The molecule has 0 aliphatic carbocycles. The zero-order chi connectivity index (χ0) is 23.9. The number of nitrogens with zero attached hydrogens (tertiary/aromatic N) is 3. The average Bonchev–Trinajstić information content (AvgIpc) is 3.47. The molecule has 0 radical (unpaired) electrons. The van der Waals surface area contributed by atoms with Crippen molar-refractivity contribution in [1.29, 1.82) is 0 Å². The van der Waals surface area contributed by atoms with Gasteiger partial charge in [0, 0.05) is 37.6 Å². The van der Waals surface area contributed by atoms with Crippen LogP contribution in [-0.2, 0) is 4.74 Å². The fourth-order valence-electron chi connectivity index (χ4n) is 4.73. The second-order valence-corrected chi connectivity index (χ2v) is 8.59. The van der Waals surface area contributed by atoms with Crippen LogP contribution in [0.1, 0.15) is 59.5 Å². The SMILES string of the molecule is Nc1cc(OC(F)(F)F)ccc1C(=O)N1CCC(c2ccnc3nc([C@@H]4CCCO4)[nH]c23)CC1. The van der Waals surface area contributed by atoms with Crippen LogP contribution in [0.25, 0.3) is 11.2 Å². The van der Waals surface area contributed by atoms with Gasteiger partial charge in [-0.1, -0.05) is 0 Å². The Kier molecular flexibility index (Phi) is 5.80. The summed E-state index contributed by atoms with van der Waals surface area (Å²) in [6, 6.07) is 5.38. The van der Waals surface area contributed by atoms with Gasteiger partial charge in [-0.25, -0.2) is 9.97 Å². The molecule has 34 heavy (non-hydrogen) atoms. The van der Waals surface area contributed by atoms with Crippen LogP contribution in [0.3, 0.4) is 0 Å². The molecule has 8 nitrogen and oxygen atoms in total. The molecule has 2 fully saturated rings. The summed E-state index contributed by atoms with van der Waals surface area (Å²) >= 11 is 0. The number of hydrogen-bond acceptors (Lipinski definition) is 6. The van der Waals surface area contributed by atoms with Gasteiger partial charge in [0.05, 0.1) is 11.1 Å². The predicted octanol–water partition coefficient (Wildman–Crippen LogP) is 4.31. The summed E-state index contributed by atoms with van der Waals surface area (Å²) < 4.78 is 46.9. The molecule has 1 atom stereocenters. The molecule has 2 aliphatic heterocycles. The van der Waals surface area contributed by atoms with Crippen LogP contribution < -0.4 is 10.5 Å². The van der Waals surface area contributed by atoms with Crippen LogP contribution in [-0.4, -0.2) is 51.8 Å². The van der Waals surface area contributed by atoms with Crippen molar-refractivity contribution in [1.82, 2.24) is 19.9 Å². The summed E-state index contributed by atoms with van der Waals surface area (Å²) in [7, 11) is 0. The number of carbonyl (C=O) groups excluding carboxylic acids is 1. The van der Waals surface area contributed by atoms with E-state index in [1.165, 1.54) is 6.07 Å². The molecule has 3 N–H and O–H groups in total. The molecule has 4 heterocycles. The number of aromatic amines is 1. The molecule has 2 aromatic heterocycles. The van der Waals surface area contributed by atoms with Crippen molar-refractivity contribution < 1.29 is 27.4 Å². The number of hydrogen-bond donors (Lipinski definition) is 2. The summed E-state index contributed by atoms with van der Waals surface area (Å²) in [6.07, 6.45) is 0.306. The molecule has 0 bridgehead atoms. The number of imidazole rings is 1. The highest BCUT2D eigenvalue weighted by atomic mass is 19.4. The topological polar surface area (TPSA) is 106 Å². The van der Waals surface area contributed by atoms with E-state index in [1.54, 1.807) is 11.1 Å². The van der Waals surface area contributed by atoms with Crippen molar-refractivity contribution in [2.24, 2.45) is 0 Å². The molecule has 1 amide bonds. The van der Waals surface area contributed by atoms with Gasteiger partial charge >= 0.3 is 6.36 Å². The van der Waals surface area contributed by atoms with Crippen LogP contribution in [0.5, 0.6) is 5.75 Å². The monoisotopic (exact) mass is 475 g/mol. The van der Waals surface area contributed by atoms with Crippen molar-refractivity contribution in [3.63, 3.8) is 0 Å². The second-order valence-electron chi connectivity index (χ2n) is 8.59. The first-order valence-electron chi connectivity index (χ1n) is 11.2. The fraction of sp³-hybridized carbons (Fsp3) is 0.435. The van der Waals surface area contributed by atoms with E-state index in [0.29, 0.717) is 18.7 Å². The number of carbonyl (C=O) groups is 1. The molecular weight excluding hydrogens is 451 g/mol. The molecule has 0 spiro atoms. The first-order valence-corrected chi connectivity index (χ1v) is 11.2. The lowest BCUT2D eigenvalue weighted by molar-refractivity contribution is -0.274. The normalized spacial score (nSPS) is 19.6. The zero-order valence-electron chi connectivity index (χ0n) is 18.3. The number of piperidine rings is 1. The van der Waals surface area contributed by atoms with Gasteiger partial charge in [-0.05, 0) is 55.4 Å². The van der Waals surface area contributed by atoms with Crippen LogP contribution in [0.4, 0.5) is 18.9 Å². The maximum absolute atomic E-state index is 13.0. The molecule has 1 aromatic carbocycles. The number of benzene rings is 1. The van der Waals surface area contributed by atoms with Gasteiger partial charge in [-0.15, -0.1) is 13.2 Å². The minimum atomic E-state index is -4.82. The molecule has 5 rings (SSSR count). The molecular formula is C23H24F3N5O3. The number of amides is 1. The quantitative estimate of drug-likeness (QED) is 0.545. The number of ether oxygens (including phenoxy) is 2. The van der Waals surface area contributed by atoms with E-state index in [0.717, 1.165) is 61.3 Å². The van der Waals surface area contributed by atoms with Crippen molar-refractivity contribution in [2.75, 3.05) is 25.4 Å². The lowest BCUT2D eigenvalue weighted by Gasteiger charge is -2.32. The number of rotatable bonds is 4. The number of H-pyrrole nitrogens is 1. The number of alkyl halides is 3. The maximum Gasteiger partial charge on any atom is 0.573 e. The van der Waals surface area contributed by atoms with Gasteiger partial charge in [0.15, 0.2) is 5.65 Å². The van der Waals surface area contributed by atoms with Crippen molar-refractivity contribution in [3.05, 3.63) is 47.4 Å². The Balaban J connectivity index is 1.28. The molecule has 2 saturated heterocycles. The van der Waals surface area contributed by atoms with E-state index in [-0.39, 0.29) is 29.2 Å². The Bertz CT molecular complexity index is 1200. The van der Waals surface area contributed by atoms with Crippen molar-refractivity contribution >= 4 is 22.8 Å². The number of nitrogens with one attached hydrogen (secondary N) is 1. The highest BCUT2D eigenvalue weighted by Gasteiger charge is 2.32. The van der Waals surface area contributed by atoms with Gasteiger partial charge in [-0.3, -0.25) is 4.79 Å². The largest absolute Gasteiger partial charge is 0.573 e. The van der Waals surface area contributed by atoms with Crippen LogP contribution in [0.15, 0.2) is 30.5 Å². The van der Waals surface area contributed by atoms with Gasteiger partial charge in [0.2, 0.25) is 0 Å². The third-order valence-corrected chi connectivity index (χ3v) is 6.39. The molecule has 0 unspecified atom stereocenters. The molecule has 0 saturated carbocycles. The summed E-state index contributed by atoms with van der Waals surface area (Å²) in [4.78, 5) is 27.1. The Morgan fingerprint density at radius 3 is 2.68 bits per heavy atom. The van der Waals surface area contributed by atoms with Gasteiger partial charge in [0.25, 0.3) is 5.91 Å². The summed E-state index contributed by atoms with van der Waals surface area (Å²) in [5.74, 6) is 0.251. The Hall–Kier alpha value is -3.34. The molecule has 180 valence electrons. The third-order valence-electron chi connectivity index (χ3n) is 6.39. The first kappa shape index (κ1) is 22.5. The minimum Gasteiger partial charge on any atom is -0.406 e.